The molecule has 64 valence electrons. The maximum atomic E-state index is 10.7. The van der Waals surface area contributed by atoms with Crippen LogP contribution >= 0.6 is 0 Å². The largest absolute Gasteiger partial charge is 0.469 e. The van der Waals surface area contributed by atoms with Crippen LogP contribution in [0.15, 0.2) is 0 Å². The lowest BCUT2D eigenvalue weighted by atomic mass is 9.97. The predicted molar refractivity (Wildman–Crippen MR) is 42.2 cm³/mol. The molecule has 3 heteroatoms. The Kier molecular flexibility index (Phi) is 3.36. The van der Waals surface area contributed by atoms with Crippen molar-refractivity contribution in [1.29, 1.82) is 0 Å². The van der Waals surface area contributed by atoms with Gasteiger partial charge in [0.2, 0.25) is 0 Å². The topological polar surface area (TPSA) is 38.3 Å². The van der Waals surface area contributed by atoms with Gasteiger partial charge in [0.1, 0.15) is 0 Å². The summed E-state index contributed by atoms with van der Waals surface area (Å²) in [6.45, 7) is 2.25. The third-order valence-corrected chi connectivity index (χ3v) is 2.09. The Morgan fingerprint density at radius 1 is 1.64 bits per heavy atom. The second-order valence-corrected chi connectivity index (χ2v) is 2.99. The van der Waals surface area contributed by atoms with E-state index in [1.807, 2.05) is 0 Å². The second-order valence-electron chi connectivity index (χ2n) is 2.99. The molecule has 1 heterocycles. The molecule has 0 aromatic carbocycles. The van der Waals surface area contributed by atoms with E-state index < -0.39 is 0 Å². The smallest absolute Gasteiger partial charge is 0.305 e. The van der Waals surface area contributed by atoms with Crippen molar-refractivity contribution in [3.8, 4) is 0 Å². The molecule has 1 fully saturated rings. The molecule has 0 aromatic heterocycles. The van der Waals surface area contributed by atoms with E-state index in [0.717, 1.165) is 31.8 Å². The monoisotopic (exact) mass is 157 g/mol. The normalized spacial score (nSPS) is 17.5. The summed E-state index contributed by atoms with van der Waals surface area (Å²) < 4.78 is 4.53. The minimum atomic E-state index is -0.0858. The molecule has 0 radical (unpaired) electrons. The van der Waals surface area contributed by atoms with Gasteiger partial charge in [0.15, 0.2) is 0 Å². The van der Waals surface area contributed by atoms with Crippen molar-refractivity contribution in [3.05, 3.63) is 0 Å². The SMILES string of the molecule is COC(=O)CCCC1CNC1. The van der Waals surface area contributed by atoms with Gasteiger partial charge in [-0.05, 0) is 31.8 Å². The Morgan fingerprint density at radius 3 is 2.82 bits per heavy atom. The van der Waals surface area contributed by atoms with E-state index in [1.54, 1.807) is 0 Å². The average Bonchev–Trinajstić information content (AvgIpc) is 1.94. The molecule has 1 aliphatic rings. The molecule has 0 amide bonds. The van der Waals surface area contributed by atoms with Crippen LogP contribution in [0.1, 0.15) is 19.3 Å². The molecule has 0 aliphatic carbocycles. The predicted octanol–water partition coefficient (Wildman–Crippen LogP) is 0.549. The van der Waals surface area contributed by atoms with Crippen molar-refractivity contribution in [1.82, 2.24) is 5.32 Å². The second kappa shape index (κ2) is 4.34. The summed E-state index contributed by atoms with van der Waals surface area (Å²) >= 11 is 0. The lowest BCUT2D eigenvalue weighted by Gasteiger charge is -2.26. The van der Waals surface area contributed by atoms with Crippen LogP contribution in [-0.2, 0) is 9.53 Å². The van der Waals surface area contributed by atoms with E-state index in [1.165, 1.54) is 7.11 Å². The van der Waals surface area contributed by atoms with Crippen LogP contribution in [0.25, 0.3) is 0 Å². The number of hydrogen-bond acceptors (Lipinski definition) is 3. The minimum Gasteiger partial charge on any atom is -0.469 e. The van der Waals surface area contributed by atoms with Gasteiger partial charge in [-0.25, -0.2) is 0 Å². The van der Waals surface area contributed by atoms with Crippen LogP contribution in [-0.4, -0.2) is 26.2 Å². The van der Waals surface area contributed by atoms with Gasteiger partial charge in [-0.3, -0.25) is 4.79 Å². The molecule has 1 rings (SSSR count). The Balaban J connectivity index is 1.90. The number of esters is 1. The quantitative estimate of drug-likeness (QED) is 0.606. The van der Waals surface area contributed by atoms with Crippen LogP contribution < -0.4 is 5.32 Å². The van der Waals surface area contributed by atoms with Crippen LogP contribution in [0.4, 0.5) is 0 Å². The van der Waals surface area contributed by atoms with Gasteiger partial charge in [0.05, 0.1) is 7.11 Å². The first-order valence-electron chi connectivity index (χ1n) is 4.10. The van der Waals surface area contributed by atoms with Gasteiger partial charge in [-0.2, -0.15) is 0 Å². The number of rotatable bonds is 4. The first kappa shape index (κ1) is 8.53. The zero-order chi connectivity index (χ0) is 8.10. The van der Waals surface area contributed by atoms with Crippen LogP contribution in [0.2, 0.25) is 0 Å². The fourth-order valence-electron chi connectivity index (χ4n) is 1.19. The molecular weight excluding hydrogens is 142 g/mol. The van der Waals surface area contributed by atoms with Gasteiger partial charge in [-0.1, -0.05) is 0 Å². The van der Waals surface area contributed by atoms with Crippen LogP contribution in [0.3, 0.4) is 0 Å². The van der Waals surface area contributed by atoms with Crippen molar-refractivity contribution in [2.45, 2.75) is 19.3 Å². The number of carbonyl (C=O) groups excluding carboxylic acids is 1. The highest BCUT2D eigenvalue weighted by Crippen LogP contribution is 2.12. The lowest BCUT2D eigenvalue weighted by molar-refractivity contribution is -0.140. The molecule has 0 saturated carbocycles. The summed E-state index contributed by atoms with van der Waals surface area (Å²) in [5.41, 5.74) is 0. The van der Waals surface area contributed by atoms with Crippen molar-refractivity contribution in [3.63, 3.8) is 0 Å². The molecule has 1 saturated heterocycles. The zero-order valence-electron chi connectivity index (χ0n) is 6.93. The summed E-state index contributed by atoms with van der Waals surface area (Å²) in [7, 11) is 1.44. The van der Waals surface area contributed by atoms with E-state index in [0.29, 0.717) is 6.42 Å². The van der Waals surface area contributed by atoms with Crippen molar-refractivity contribution in [2.75, 3.05) is 20.2 Å². The maximum Gasteiger partial charge on any atom is 0.305 e. The summed E-state index contributed by atoms with van der Waals surface area (Å²) in [6.07, 6.45) is 2.70. The summed E-state index contributed by atoms with van der Waals surface area (Å²) in [4.78, 5) is 10.7. The van der Waals surface area contributed by atoms with Crippen LogP contribution in [0, 0.1) is 5.92 Å². The summed E-state index contributed by atoms with van der Waals surface area (Å²) in [5.74, 6) is 0.719. The van der Waals surface area contributed by atoms with Crippen molar-refractivity contribution in [2.24, 2.45) is 5.92 Å². The zero-order valence-corrected chi connectivity index (χ0v) is 6.93. The molecule has 1 N–H and O–H groups in total. The van der Waals surface area contributed by atoms with Gasteiger partial charge in [0.25, 0.3) is 0 Å². The standard InChI is InChI=1S/C8H15NO2/c1-11-8(10)4-2-3-7-5-9-6-7/h7,9H,2-6H2,1H3. The van der Waals surface area contributed by atoms with Gasteiger partial charge < -0.3 is 10.1 Å². The average molecular weight is 157 g/mol. The van der Waals surface area contributed by atoms with E-state index in [-0.39, 0.29) is 5.97 Å². The van der Waals surface area contributed by atoms with Crippen LogP contribution in [0.5, 0.6) is 0 Å². The van der Waals surface area contributed by atoms with E-state index in [2.05, 4.69) is 10.1 Å². The molecule has 3 nitrogen and oxygen atoms in total. The molecule has 11 heavy (non-hydrogen) atoms. The third-order valence-electron chi connectivity index (χ3n) is 2.09. The number of nitrogens with one attached hydrogen (secondary N) is 1. The van der Waals surface area contributed by atoms with Gasteiger partial charge >= 0.3 is 5.97 Å². The van der Waals surface area contributed by atoms with E-state index in [9.17, 15) is 4.79 Å². The number of carbonyl (C=O) groups is 1. The van der Waals surface area contributed by atoms with Gasteiger partial charge in [-0.15, -0.1) is 0 Å². The number of ether oxygens (including phenoxy) is 1. The molecule has 0 spiro atoms. The molecule has 0 atom stereocenters. The Morgan fingerprint density at radius 2 is 2.36 bits per heavy atom. The molecule has 0 aromatic rings. The number of methoxy groups -OCH3 is 1. The molecule has 0 unspecified atom stereocenters. The Hall–Kier alpha value is -0.570. The molecular formula is C8H15NO2. The lowest BCUT2D eigenvalue weighted by Crippen LogP contribution is -2.41. The Bertz CT molecular complexity index is 132. The summed E-state index contributed by atoms with van der Waals surface area (Å²) in [5, 5.41) is 3.20. The fourth-order valence-corrected chi connectivity index (χ4v) is 1.19. The minimum absolute atomic E-state index is 0.0858. The first-order chi connectivity index (χ1) is 5.33. The highest BCUT2D eigenvalue weighted by atomic mass is 16.5. The molecule has 0 bridgehead atoms. The Labute approximate surface area is 67.1 Å². The highest BCUT2D eigenvalue weighted by Gasteiger charge is 2.16. The van der Waals surface area contributed by atoms with Crippen molar-refractivity contribution >= 4 is 5.97 Å². The van der Waals surface area contributed by atoms with Crippen molar-refractivity contribution < 1.29 is 9.53 Å². The van der Waals surface area contributed by atoms with E-state index >= 15 is 0 Å². The van der Waals surface area contributed by atoms with Gasteiger partial charge in [0, 0.05) is 6.42 Å². The van der Waals surface area contributed by atoms with E-state index in [4.69, 9.17) is 0 Å². The molecule has 1 aliphatic heterocycles. The maximum absolute atomic E-state index is 10.7. The fraction of sp³-hybridized carbons (Fsp3) is 0.875. The highest BCUT2D eigenvalue weighted by molar-refractivity contribution is 5.68. The third kappa shape index (κ3) is 2.89. The first-order valence-corrected chi connectivity index (χ1v) is 4.10. The summed E-state index contributed by atoms with van der Waals surface area (Å²) in [6, 6.07) is 0. The number of hydrogen-bond donors (Lipinski definition) is 1.